The average Bonchev–Trinajstić information content (AvgIpc) is 2.68. The van der Waals surface area contributed by atoms with Crippen LogP contribution in [0.1, 0.15) is 35.9 Å². The molecule has 1 aromatic heterocycles. The first kappa shape index (κ1) is 12.2. The van der Waals surface area contributed by atoms with Gasteiger partial charge in [0.05, 0.1) is 0 Å². The maximum Gasteiger partial charge on any atom is 0.254 e. The van der Waals surface area contributed by atoms with E-state index in [-0.39, 0.29) is 17.4 Å². The molecule has 4 nitrogen and oxygen atoms in total. The predicted molar refractivity (Wildman–Crippen MR) is 71.2 cm³/mol. The summed E-state index contributed by atoms with van der Waals surface area (Å²) in [5.41, 5.74) is 13.0. The van der Waals surface area contributed by atoms with Gasteiger partial charge in [-0.15, -0.1) is 0 Å². The second-order valence-electron chi connectivity index (χ2n) is 4.47. The van der Waals surface area contributed by atoms with E-state index in [1.165, 1.54) is 0 Å². The molecular formula is C14H16N2O2. The van der Waals surface area contributed by atoms with Gasteiger partial charge in [-0.05, 0) is 5.56 Å². The largest absolute Gasteiger partial charge is 0.444 e. The van der Waals surface area contributed by atoms with Crippen molar-refractivity contribution >= 4 is 11.8 Å². The molecule has 0 bridgehead atoms. The van der Waals surface area contributed by atoms with Gasteiger partial charge in [-0.2, -0.15) is 0 Å². The highest BCUT2D eigenvalue weighted by Crippen LogP contribution is 2.37. The molecule has 0 radical (unpaired) electrons. The molecule has 4 heteroatoms. The predicted octanol–water partition coefficient (Wildman–Crippen LogP) is 2.75. The molecular weight excluding hydrogens is 228 g/mol. The topological polar surface area (TPSA) is 82.2 Å². The number of anilines is 1. The maximum atomic E-state index is 11.5. The molecule has 1 amide bonds. The number of rotatable bonds is 3. The molecule has 0 aliphatic rings. The van der Waals surface area contributed by atoms with Gasteiger partial charge in [0.25, 0.3) is 5.91 Å². The minimum Gasteiger partial charge on any atom is -0.444 e. The van der Waals surface area contributed by atoms with Gasteiger partial charge in [0.2, 0.25) is 5.88 Å². The molecule has 0 spiro atoms. The van der Waals surface area contributed by atoms with Crippen LogP contribution >= 0.6 is 0 Å². The number of nitrogens with two attached hydrogens (primary N) is 2. The lowest BCUT2D eigenvalue weighted by Crippen LogP contribution is -2.13. The second-order valence-corrected chi connectivity index (χ2v) is 4.47. The molecule has 0 saturated heterocycles. The van der Waals surface area contributed by atoms with Gasteiger partial charge in [-0.1, -0.05) is 44.2 Å². The van der Waals surface area contributed by atoms with Gasteiger partial charge >= 0.3 is 0 Å². The number of hydrogen-bond acceptors (Lipinski definition) is 3. The molecule has 0 aliphatic heterocycles. The van der Waals surface area contributed by atoms with Crippen molar-refractivity contribution in [3.8, 4) is 11.1 Å². The SMILES string of the molecule is CC(C)c1oc(N)c(C(N)=O)c1-c1ccccc1. The molecule has 0 fully saturated rings. The first-order valence-electron chi connectivity index (χ1n) is 5.79. The van der Waals surface area contributed by atoms with Crippen LogP contribution in [0, 0.1) is 0 Å². The third-order valence-electron chi connectivity index (χ3n) is 2.80. The Morgan fingerprint density at radius 3 is 2.33 bits per heavy atom. The lowest BCUT2D eigenvalue weighted by atomic mass is 9.96. The van der Waals surface area contributed by atoms with E-state index in [2.05, 4.69) is 0 Å². The summed E-state index contributed by atoms with van der Waals surface area (Å²) < 4.78 is 5.50. The van der Waals surface area contributed by atoms with Crippen molar-refractivity contribution in [2.45, 2.75) is 19.8 Å². The highest BCUT2D eigenvalue weighted by Gasteiger charge is 2.25. The van der Waals surface area contributed by atoms with Crippen molar-refractivity contribution in [3.63, 3.8) is 0 Å². The van der Waals surface area contributed by atoms with Gasteiger partial charge in [-0.25, -0.2) is 0 Å². The molecule has 1 aromatic carbocycles. The number of carbonyl (C=O) groups is 1. The molecule has 4 N–H and O–H groups in total. The molecule has 0 unspecified atom stereocenters. The molecule has 1 heterocycles. The van der Waals surface area contributed by atoms with Crippen molar-refractivity contribution < 1.29 is 9.21 Å². The van der Waals surface area contributed by atoms with E-state index in [4.69, 9.17) is 15.9 Å². The van der Waals surface area contributed by atoms with Crippen LogP contribution in [0.4, 0.5) is 5.88 Å². The van der Waals surface area contributed by atoms with Gasteiger partial charge in [0.15, 0.2) is 0 Å². The fourth-order valence-electron chi connectivity index (χ4n) is 2.01. The van der Waals surface area contributed by atoms with E-state index in [0.717, 1.165) is 5.56 Å². The normalized spacial score (nSPS) is 10.8. The highest BCUT2D eigenvalue weighted by atomic mass is 16.4. The summed E-state index contributed by atoms with van der Waals surface area (Å²) >= 11 is 0. The number of hydrogen-bond donors (Lipinski definition) is 2. The minimum absolute atomic E-state index is 0.0880. The smallest absolute Gasteiger partial charge is 0.254 e. The molecule has 94 valence electrons. The lowest BCUT2D eigenvalue weighted by Gasteiger charge is -2.06. The Kier molecular flexibility index (Phi) is 3.10. The van der Waals surface area contributed by atoms with Crippen LogP contribution in [0.2, 0.25) is 0 Å². The summed E-state index contributed by atoms with van der Waals surface area (Å²) in [7, 11) is 0. The summed E-state index contributed by atoms with van der Waals surface area (Å²) in [4.78, 5) is 11.5. The monoisotopic (exact) mass is 244 g/mol. The summed E-state index contributed by atoms with van der Waals surface area (Å²) in [5.74, 6) is 0.329. The summed E-state index contributed by atoms with van der Waals surface area (Å²) in [5, 5.41) is 0. The number of amides is 1. The summed E-state index contributed by atoms with van der Waals surface area (Å²) in [6, 6.07) is 9.51. The van der Waals surface area contributed by atoms with Crippen LogP contribution in [0.25, 0.3) is 11.1 Å². The number of benzene rings is 1. The van der Waals surface area contributed by atoms with Gasteiger partial charge < -0.3 is 15.9 Å². The molecule has 0 atom stereocenters. The van der Waals surface area contributed by atoms with Crippen LogP contribution in [0.15, 0.2) is 34.7 Å². The van der Waals surface area contributed by atoms with Crippen molar-refractivity contribution in [3.05, 3.63) is 41.7 Å². The zero-order valence-electron chi connectivity index (χ0n) is 10.4. The van der Waals surface area contributed by atoms with E-state index in [0.29, 0.717) is 11.3 Å². The van der Waals surface area contributed by atoms with E-state index >= 15 is 0 Å². The average molecular weight is 244 g/mol. The summed E-state index contributed by atoms with van der Waals surface area (Å²) in [6.45, 7) is 3.96. The van der Waals surface area contributed by atoms with Crippen molar-refractivity contribution in [2.75, 3.05) is 5.73 Å². The standard InChI is InChI=1S/C14H16N2O2/c1-8(2)12-10(9-6-4-3-5-7-9)11(13(15)17)14(16)18-12/h3-8H,16H2,1-2H3,(H2,15,17). The maximum absolute atomic E-state index is 11.5. The Bertz CT molecular complexity index is 571. The first-order valence-corrected chi connectivity index (χ1v) is 5.79. The second kappa shape index (κ2) is 4.56. The number of nitrogen functional groups attached to an aromatic ring is 1. The fourth-order valence-corrected chi connectivity index (χ4v) is 2.01. The van der Waals surface area contributed by atoms with Crippen molar-refractivity contribution in [2.24, 2.45) is 5.73 Å². The molecule has 2 aromatic rings. The van der Waals surface area contributed by atoms with E-state index < -0.39 is 5.91 Å². The van der Waals surface area contributed by atoms with Crippen LogP contribution in [-0.4, -0.2) is 5.91 Å². The van der Waals surface area contributed by atoms with Crippen molar-refractivity contribution in [1.29, 1.82) is 0 Å². The van der Waals surface area contributed by atoms with Crippen molar-refractivity contribution in [1.82, 2.24) is 0 Å². The molecule has 2 rings (SSSR count). The quantitative estimate of drug-likeness (QED) is 0.870. The Labute approximate surface area is 106 Å². The molecule has 0 aliphatic carbocycles. The number of carbonyl (C=O) groups excluding carboxylic acids is 1. The highest BCUT2D eigenvalue weighted by molar-refractivity contribution is 6.04. The number of furan rings is 1. The lowest BCUT2D eigenvalue weighted by molar-refractivity contribution is 0.100. The Morgan fingerprint density at radius 2 is 1.83 bits per heavy atom. The van der Waals surface area contributed by atoms with Crippen LogP contribution in [0.5, 0.6) is 0 Å². The van der Waals surface area contributed by atoms with Crippen LogP contribution < -0.4 is 11.5 Å². The van der Waals surface area contributed by atoms with Gasteiger partial charge in [-0.3, -0.25) is 4.79 Å². The zero-order chi connectivity index (χ0) is 13.3. The van der Waals surface area contributed by atoms with E-state index in [1.54, 1.807) is 0 Å². The molecule has 0 saturated carbocycles. The van der Waals surface area contributed by atoms with Crippen LogP contribution in [0.3, 0.4) is 0 Å². The summed E-state index contributed by atoms with van der Waals surface area (Å²) in [6.07, 6.45) is 0. The van der Waals surface area contributed by atoms with Gasteiger partial charge in [0, 0.05) is 11.5 Å². The van der Waals surface area contributed by atoms with Gasteiger partial charge in [0.1, 0.15) is 11.3 Å². The zero-order valence-corrected chi connectivity index (χ0v) is 10.4. The van der Waals surface area contributed by atoms with E-state index in [1.807, 2.05) is 44.2 Å². The van der Waals surface area contributed by atoms with Crippen LogP contribution in [-0.2, 0) is 0 Å². The minimum atomic E-state index is -0.568. The third-order valence-corrected chi connectivity index (χ3v) is 2.80. The van der Waals surface area contributed by atoms with E-state index in [9.17, 15) is 4.79 Å². The number of primary amides is 1. The Balaban J connectivity index is 2.74. The fraction of sp³-hybridized carbons (Fsp3) is 0.214. The third kappa shape index (κ3) is 1.97. The molecule has 18 heavy (non-hydrogen) atoms. The Morgan fingerprint density at radius 1 is 1.22 bits per heavy atom. The Hall–Kier alpha value is -2.23. The first-order chi connectivity index (χ1) is 8.52.